The lowest BCUT2D eigenvalue weighted by Crippen LogP contribution is -2.31. The summed E-state index contributed by atoms with van der Waals surface area (Å²) in [4.78, 5) is 13.6. The van der Waals surface area contributed by atoms with Gasteiger partial charge < -0.3 is 10.1 Å². The van der Waals surface area contributed by atoms with E-state index >= 15 is 0 Å². The zero-order valence-corrected chi connectivity index (χ0v) is 15.6. The van der Waals surface area contributed by atoms with Crippen LogP contribution in [-0.4, -0.2) is 28.8 Å². The van der Waals surface area contributed by atoms with E-state index in [2.05, 4.69) is 23.4 Å². The van der Waals surface area contributed by atoms with Crippen molar-refractivity contribution < 1.29 is 9.53 Å². The molecule has 1 atom stereocenters. The van der Waals surface area contributed by atoms with E-state index in [1.54, 1.807) is 29.7 Å². The molecule has 0 aliphatic carbocycles. The molecule has 0 fully saturated rings. The summed E-state index contributed by atoms with van der Waals surface area (Å²) in [7, 11) is 0. The molecule has 6 heteroatoms. The second-order valence-corrected chi connectivity index (χ2v) is 6.93. The highest BCUT2D eigenvalue weighted by atomic mass is 32.1. The minimum Gasteiger partial charge on any atom is -0.494 e. The number of hydrogen-bond donors (Lipinski definition) is 1. The average molecular weight is 369 g/mol. The third kappa shape index (κ3) is 4.73. The van der Waals surface area contributed by atoms with Gasteiger partial charge in [-0.3, -0.25) is 9.48 Å². The van der Waals surface area contributed by atoms with Crippen molar-refractivity contribution in [2.75, 3.05) is 13.2 Å². The van der Waals surface area contributed by atoms with Crippen molar-refractivity contribution in [1.82, 2.24) is 15.1 Å². The number of aromatic nitrogens is 2. The summed E-state index contributed by atoms with van der Waals surface area (Å²) in [6.45, 7) is 3.31. The number of benzene rings is 1. The molecule has 5 nitrogen and oxygen atoms in total. The lowest BCUT2D eigenvalue weighted by Gasteiger charge is -2.17. The topological polar surface area (TPSA) is 56.1 Å². The molecule has 1 amide bonds. The number of unbranched alkanes of at least 4 members (excludes halogenated alkanes) is 1. The van der Waals surface area contributed by atoms with E-state index in [0.717, 1.165) is 23.5 Å². The summed E-state index contributed by atoms with van der Waals surface area (Å²) >= 11 is 1.66. The van der Waals surface area contributed by atoms with Crippen molar-refractivity contribution in [3.63, 3.8) is 0 Å². The van der Waals surface area contributed by atoms with Gasteiger partial charge in [0.25, 0.3) is 5.91 Å². The van der Waals surface area contributed by atoms with Gasteiger partial charge in [0.2, 0.25) is 0 Å². The number of amides is 1. The summed E-state index contributed by atoms with van der Waals surface area (Å²) in [6.07, 6.45) is 5.79. The van der Waals surface area contributed by atoms with Crippen molar-refractivity contribution in [1.29, 1.82) is 0 Å². The van der Waals surface area contributed by atoms with E-state index in [1.165, 1.54) is 0 Å². The summed E-state index contributed by atoms with van der Waals surface area (Å²) < 4.78 is 7.51. The predicted octanol–water partition coefficient (Wildman–Crippen LogP) is 4.14. The molecule has 0 bridgehead atoms. The van der Waals surface area contributed by atoms with Crippen molar-refractivity contribution in [2.24, 2.45) is 0 Å². The number of carbonyl (C=O) groups is 1. The van der Waals surface area contributed by atoms with Crippen LogP contribution in [0.25, 0.3) is 0 Å². The maximum atomic E-state index is 12.5. The van der Waals surface area contributed by atoms with Crippen LogP contribution in [-0.2, 0) is 0 Å². The van der Waals surface area contributed by atoms with Crippen LogP contribution in [0.5, 0.6) is 5.75 Å². The molecule has 1 N–H and O–H groups in total. The highest BCUT2D eigenvalue weighted by Crippen LogP contribution is 2.22. The maximum absolute atomic E-state index is 12.5. The quantitative estimate of drug-likeness (QED) is 0.577. The summed E-state index contributed by atoms with van der Waals surface area (Å²) in [5, 5.41) is 9.37. The molecule has 2 aromatic heterocycles. The van der Waals surface area contributed by atoms with E-state index in [1.807, 2.05) is 40.5 Å². The SMILES string of the molecule is CCCCOc1ccc(C(=O)NCC(c2cccs2)n2cccn2)cc1. The van der Waals surface area contributed by atoms with Crippen LogP contribution >= 0.6 is 11.3 Å². The summed E-state index contributed by atoms with van der Waals surface area (Å²) in [6, 6.07) is 13.2. The van der Waals surface area contributed by atoms with E-state index < -0.39 is 0 Å². The number of carbonyl (C=O) groups excluding carboxylic acids is 1. The van der Waals surface area contributed by atoms with Gasteiger partial charge in [0, 0.05) is 29.4 Å². The lowest BCUT2D eigenvalue weighted by atomic mass is 10.2. The molecule has 0 radical (unpaired) electrons. The largest absolute Gasteiger partial charge is 0.494 e. The Hall–Kier alpha value is -2.60. The molecule has 0 spiro atoms. The highest BCUT2D eigenvalue weighted by Gasteiger charge is 2.17. The van der Waals surface area contributed by atoms with Crippen LogP contribution in [0, 0.1) is 0 Å². The first-order chi connectivity index (χ1) is 12.8. The van der Waals surface area contributed by atoms with Crippen LogP contribution in [0.15, 0.2) is 60.2 Å². The highest BCUT2D eigenvalue weighted by molar-refractivity contribution is 7.10. The van der Waals surface area contributed by atoms with Crippen LogP contribution in [0.4, 0.5) is 0 Å². The van der Waals surface area contributed by atoms with Crippen molar-refractivity contribution in [3.05, 3.63) is 70.7 Å². The Kier molecular flexibility index (Phi) is 6.44. The third-order valence-corrected chi connectivity index (χ3v) is 5.03. The fraction of sp³-hybridized carbons (Fsp3) is 0.300. The van der Waals surface area contributed by atoms with Gasteiger partial charge in [-0.15, -0.1) is 11.3 Å². The fourth-order valence-electron chi connectivity index (χ4n) is 2.60. The lowest BCUT2D eigenvalue weighted by molar-refractivity contribution is 0.0949. The molecule has 0 aliphatic rings. The zero-order valence-electron chi connectivity index (χ0n) is 14.8. The van der Waals surface area contributed by atoms with Crippen molar-refractivity contribution >= 4 is 17.2 Å². The second kappa shape index (κ2) is 9.20. The van der Waals surface area contributed by atoms with E-state index in [9.17, 15) is 4.79 Å². The van der Waals surface area contributed by atoms with Gasteiger partial charge in [0.1, 0.15) is 11.8 Å². The smallest absolute Gasteiger partial charge is 0.251 e. The average Bonchev–Trinajstić information content (AvgIpc) is 3.37. The molecule has 136 valence electrons. The Bertz CT molecular complexity index is 749. The second-order valence-electron chi connectivity index (χ2n) is 5.95. The minimum absolute atomic E-state index is 0.00870. The molecule has 1 aromatic carbocycles. The number of nitrogens with one attached hydrogen (secondary N) is 1. The number of thiophene rings is 1. The van der Waals surface area contributed by atoms with E-state index in [0.29, 0.717) is 18.7 Å². The fourth-order valence-corrected chi connectivity index (χ4v) is 3.42. The number of rotatable bonds is 9. The van der Waals surface area contributed by atoms with Gasteiger partial charge >= 0.3 is 0 Å². The van der Waals surface area contributed by atoms with Crippen LogP contribution < -0.4 is 10.1 Å². The first-order valence-electron chi connectivity index (χ1n) is 8.81. The molecule has 26 heavy (non-hydrogen) atoms. The number of ether oxygens (including phenoxy) is 1. The van der Waals surface area contributed by atoms with Gasteiger partial charge in [-0.25, -0.2) is 0 Å². The van der Waals surface area contributed by atoms with Crippen LogP contribution in [0.2, 0.25) is 0 Å². The van der Waals surface area contributed by atoms with Gasteiger partial charge in [-0.2, -0.15) is 5.10 Å². The molecular formula is C20H23N3O2S. The van der Waals surface area contributed by atoms with Crippen molar-refractivity contribution in [3.8, 4) is 5.75 Å². The first-order valence-corrected chi connectivity index (χ1v) is 9.69. The normalized spacial score (nSPS) is 11.9. The Morgan fingerprint density at radius 3 is 2.77 bits per heavy atom. The molecule has 0 saturated heterocycles. The van der Waals surface area contributed by atoms with Gasteiger partial charge in [-0.05, 0) is 48.2 Å². The molecule has 2 heterocycles. The van der Waals surface area contributed by atoms with Crippen LogP contribution in [0.1, 0.15) is 41.0 Å². The van der Waals surface area contributed by atoms with Crippen molar-refractivity contribution in [2.45, 2.75) is 25.8 Å². The Morgan fingerprint density at radius 2 is 2.12 bits per heavy atom. The molecule has 3 rings (SSSR count). The Morgan fingerprint density at radius 1 is 1.27 bits per heavy atom. The summed E-state index contributed by atoms with van der Waals surface area (Å²) in [5.74, 6) is 0.696. The molecule has 0 aliphatic heterocycles. The van der Waals surface area contributed by atoms with Crippen LogP contribution in [0.3, 0.4) is 0 Å². The monoisotopic (exact) mass is 369 g/mol. The molecule has 1 unspecified atom stereocenters. The van der Waals surface area contributed by atoms with E-state index in [-0.39, 0.29) is 11.9 Å². The zero-order chi connectivity index (χ0) is 18.2. The Labute approximate surface area is 157 Å². The molecule has 3 aromatic rings. The minimum atomic E-state index is -0.0983. The standard InChI is InChI=1S/C20H23N3O2S/c1-2-3-13-25-17-9-7-16(8-10-17)20(24)21-15-18(19-6-4-14-26-19)23-12-5-11-22-23/h4-12,14,18H,2-3,13,15H2,1H3,(H,21,24). The maximum Gasteiger partial charge on any atom is 0.251 e. The number of hydrogen-bond acceptors (Lipinski definition) is 4. The first kappa shape index (κ1) is 18.2. The Balaban J connectivity index is 1.60. The van der Waals surface area contributed by atoms with E-state index in [4.69, 9.17) is 4.74 Å². The number of nitrogens with zero attached hydrogens (tertiary/aromatic N) is 2. The van der Waals surface area contributed by atoms with Gasteiger partial charge in [0.05, 0.1) is 6.61 Å². The summed E-state index contributed by atoms with van der Waals surface area (Å²) in [5.41, 5.74) is 0.623. The molecular weight excluding hydrogens is 346 g/mol. The van der Waals surface area contributed by atoms with Gasteiger partial charge in [-0.1, -0.05) is 19.4 Å². The molecule has 0 saturated carbocycles. The predicted molar refractivity (Wildman–Crippen MR) is 104 cm³/mol. The van der Waals surface area contributed by atoms with Gasteiger partial charge in [0.15, 0.2) is 0 Å². The third-order valence-electron chi connectivity index (χ3n) is 4.05.